The van der Waals surface area contributed by atoms with Crippen LogP contribution < -0.4 is 0 Å². The van der Waals surface area contributed by atoms with Gasteiger partial charge in [0.05, 0.1) is 0 Å². The third-order valence-corrected chi connectivity index (χ3v) is 3.99. The number of nitrogens with zero attached hydrogens (tertiary/aromatic N) is 1. The minimum atomic E-state index is 0.138. The van der Waals surface area contributed by atoms with Crippen LogP contribution in [0.5, 0.6) is 0 Å². The molecule has 0 heterocycles. The van der Waals surface area contributed by atoms with E-state index in [1.807, 2.05) is 30.9 Å². The lowest BCUT2D eigenvalue weighted by Gasteiger charge is -2.28. The fourth-order valence-electron chi connectivity index (χ4n) is 3.02. The highest BCUT2D eigenvalue weighted by atomic mass is 35.5. The SMILES string of the molecule is Cc1cc(C)cc(C(=O)N(CCCl)C2CCCC2)c1. The summed E-state index contributed by atoms with van der Waals surface area (Å²) < 4.78 is 0. The molecule has 0 aromatic heterocycles. The Bertz CT molecular complexity index is 432. The highest BCUT2D eigenvalue weighted by Gasteiger charge is 2.27. The van der Waals surface area contributed by atoms with Crippen LogP contribution in [0, 0.1) is 13.8 Å². The molecule has 2 nitrogen and oxygen atoms in total. The lowest BCUT2D eigenvalue weighted by Crippen LogP contribution is -2.40. The van der Waals surface area contributed by atoms with Crippen LogP contribution in [0.15, 0.2) is 18.2 Å². The van der Waals surface area contributed by atoms with Crippen molar-refractivity contribution in [2.75, 3.05) is 12.4 Å². The Balaban J connectivity index is 2.22. The Kier molecular flexibility index (Phi) is 4.87. The number of hydrogen-bond donors (Lipinski definition) is 0. The minimum absolute atomic E-state index is 0.138. The molecule has 2 rings (SSSR count). The van der Waals surface area contributed by atoms with Crippen LogP contribution >= 0.6 is 11.6 Å². The number of benzene rings is 1. The van der Waals surface area contributed by atoms with Gasteiger partial charge in [0, 0.05) is 24.0 Å². The third-order valence-electron chi connectivity index (χ3n) is 3.82. The molecule has 0 spiro atoms. The Morgan fingerprint density at radius 2 is 1.79 bits per heavy atom. The van der Waals surface area contributed by atoms with E-state index in [1.54, 1.807) is 0 Å². The largest absolute Gasteiger partial charge is 0.334 e. The van der Waals surface area contributed by atoms with E-state index in [9.17, 15) is 4.79 Å². The number of halogens is 1. The number of carbonyl (C=O) groups excluding carboxylic acids is 1. The van der Waals surface area contributed by atoms with Crippen LogP contribution in [-0.2, 0) is 0 Å². The zero-order valence-electron chi connectivity index (χ0n) is 11.8. The predicted molar refractivity (Wildman–Crippen MR) is 79.9 cm³/mol. The fourth-order valence-corrected chi connectivity index (χ4v) is 3.20. The van der Waals surface area contributed by atoms with Crippen molar-refractivity contribution in [3.8, 4) is 0 Å². The van der Waals surface area contributed by atoms with Crippen molar-refractivity contribution >= 4 is 17.5 Å². The Labute approximate surface area is 120 Å². The standard InChI is InChI=1S/C16H22ClNO/c1-12-9-13(2)11-14(10-12)16(19)18(8-7-17)15-5-3-4-6-15/h9-11,15H,3-8H2,1-2H3. The van der Waals surface area contributed by atoms with Crippen LogP contribution in [0.2, 0.25) is 0 Å². The van der Waals surface area contributed by atoms with Gasteiger partial charge < -0.3 is 4.90 Å². The monoisotopic (exact) mass is 279 g/mol. The van der Waals surface area contributed by atoms with Gasteiger partial charge in [-0.3, -0.25) is 4.79 Å². The molecule has 0 N–H and O–H groups in total. The van der Waals surface area contributed by atoms with Gasteiger partial charge in [0.15, 0.2) is 0 Å². The molecule has 0 saturated heterocycles. The summed E-state index contributed by atoms with van der Waals surface area (Å²) in [4.78, 5) is 14.7. The number of alkyl halides is 1. The van der Waals surface area contributed by atoms with Gasteiger partial charge in [0.25, 0.3) is 5.91 Å². The molecule has 1 aliphatic carbocycles. The minimum Gasteiger partial charge on any atom is -0.334 e. The van der Waals surface area contributed by atoms with Gasteiger partial charge in [-0.05, 0) is 38.8 Å². The molecular formula is C16H22ClNO. The molecule has 1 amide bonds. The van der Waals surface area contributed by atoms with E-state index in [-0.39, 0.29) is 5.91 Å². The number of carbonyl (C=O) groups is 1. The summed E-state index contributed by atoms with van der Waals surface area (Å²) in [5.41, 5.74) is 3.08. The van der Waals surface area contributed by atoms with Crippen molar-refractivity contribution in [2.24, 2.45) is 0 Å². The van der Waals surface area contributed by atoms with E-state index >= 15 is 0 Å². The van der Waals surface area contributed by atoms with Crippen molar-refractivity contribution in [1.29, 1.82) is 0 Å². The zero-order valence-corrected chi connectivity index (χ0v) is 12.5. The van der Waals surface area contributed by atoms with E-state index < -0.39 is 0 Å². The number of amides is 1. The van der Waals surface area contributed by atoms with Crippen LogP contribution in [0.3, 0.4) is 0 Å². The second-order valence-corrected chi connectivity index (χ2v) is 5.88. The highest BCUT2D eigenvalue weighted by molar-refractivity contribution is 6.18. The Hall–Kier alpha value is -1.02. The van der Waals surface area contributed by atoms with Crippen LogP contribution in [-0.4, -0.2) is 29.3 Å². The maximum Gasteiger partial charge on any atom is 0.254 e. The summed E-state index contributed by atoms with van der Waals surface area (Å²) in [6.07, 6.45) is 4.69. The quantitative estimate of drug-likeness (QED) is 0.765. The summed E-state index contributed by atoms with van der Waals surface area (Å²) in [7, 11) is 0. The molecular weight excluding hydrogens is 258 g/mol. The first-order valence-corrected chi connectivity index (χ1v) is 7.60. The fraction of sp³-hybridized carbons (Fsp3) is 0.562. The molecule has 0 radical (unpaired) electrons. The summed E-state index contributed by atoms with van der Waals surface area (Å²) >= 11 is 5.87. The van der Waals surface area contributed by atoms with Crippen LogP contribution in [0.4, 0.5) is 0 Å². The van der Waals surface area contributed by atoms with Crippen molar-refractivity contribution in [1.82, 2.24) is 4.90 Å². The van der Waals surface area contributed by atoms with E-state index in [0.717, 1.165) is 29.5 Å². The van der Waals surface area contributed by atoms with E-state index in [4.69, 9.17) is 11.6 Å². The summed E-state index contributed by atoms with van der Waals surface area (Å²) in [6.45, 7) is 4.72. The normalized spacial score (nSPS) is 15.7. The van der Waals surface area contributed by atoms with Gasteiger partial charge in [0.1, 0.15) is 0 Å². The first-order chi connectivity index (χ1) is 9.11. The highest BCUT2D eigenvalue weighted by Crippen LogP contribution is 2.25. The second kappa shape index (κ2) is 6.42. The van der Waals surface area contributed by atoms with Gasteiger partial charge in [0.2, 0.25) is 0 Å². The molecule has 1 saturated carbocycles. The summed E-state index contributed by atoms with van der Waals surface area (Å²) in [5.74, 6) is 0.645. The molecule has 0 atom stereocenters. The molecule has 0 bridgehead atoms. The van der Waals surface area contributed by atoms with Crippen molar-refractivity contribution in [3.05, 3.63) is 34.9 Å². The average molecular weight is 280 g/mol. The van der Waals surface area contributed by atoms with Crippen molar-refractivity contribution < 1.29 is 4.79 Å². The topological polar surface area (TPSA) is 20.3 Å². The summed E-state index contributed by atoms with van der Waals surface area (Å²) in [5, 5.41) is 0. The van der Waals surface area contributed by atoms with Crippen molar-refractivity contribution in [3.63, 3.8) is 0 Å². The van der Waals surface area contributed by atoms with Gasteiger partial charge >= 0.3 is 0 Å². The van der Waals surface area contributed by atoms with E-state index in [2.05, 4.69) is 6.07 Å². The van der Waals surface area contributed by atoms with E-state index in [1.165, 1.54) is 12.8 Å². The molecule has 1 aromatic carbocycles. The van der Waals surface area contributed by atoms with Gasteiger partial charge in [-0.2, -0.15) is 0 Å². The molecule has 1 aromatic rings. The maximum absolute atomic E-state index is 12.7. The molecule has 0 unspecified atom stereocenters. The van der Waals surface area contributed by atoms with Crippen molar-refractivity contribution in [2.45, 2.75) is 45.6 Å². The van der Waals surface area contributed by atoms with E-state index in [0.29, 0.717) is 18.5 Å². The molecule has 19 heavy (non-hydrogen) atoms. The molecule has 1 aliphatic rings. The predicted octanol–water partition coefficient (Wildman–Crippen LogP) is 3.93. The molecule has 3 heteroatoms. The van der Waals surface area contributed by atoms with Gasteiger partial charge in [-0.15, -0.1) is 11.6 Å². The lowest BCUT2D eigenvalue weighted by molar-refractivity contribution is 0.0695. The first kappa shape index (κ1) is 14.4. The van der Waals surface area contributed by atoms with Gasteiger partial charge in [-0.1, -0.05) is 30.0 Å². The van der Waals surface area contributed by atoms with Gasteiger partial charge in [-0.25, -0.2) is 0 Å². The number of hydrogen-bond acceptors (Lipinski definition) is 1. The number of aryl methyl sites for hydroxylation is 2. The molecule has 1 fully saturated rings. The zero-order chi connectivity index (χ0) is 13.8. The Morgan fingerprint density at radius 3 is 2.32 bits per heavy atom. The van der Waals surface area contributed by atoms with Crippen LogP contribution in [0.1, 0.15) is 47.2 Å². The summed E-state index contributed by atoms with van der Waals surface area (Å²) in [6, 6.07) is 6.43. The lowest BCUT2D eigenvalue weighted by atomic mass is 10.1. The Morgan fingerprint density at radius 1 is 1.21 bits per heavy atom. The first-order valence-electron chi connectivity index (χ1n) is 7.07. The average Bonchev–Trinajstić information content (AvgIpc) is 2.87. The molecule has 0 aliphatic heterocycles. The third kappa shape index (κ3) is 3.50. The smallest absolute Gasteiger partial charge is 0.254 e. The second-order valence-electron chi connectivity index (χ2n) is 5.50. The maximum atomic E-state index is 12.7. The number of rotatable bonds is 4. The molecule has 104 valence electrons. The van der Waals surface area contributed by atoms with Crippen LogP contribution in [0.25, 0.3) is 0 Å².